The Morgan fingerprint density at radius 1 is 1.00 bits per heavy atom. The third-order valence-electron chi connectivity index (χ3n) is 5.31. The summed E-state index contributed by atoms with van der Waals surface area (Å²) in [6, 6.07) is 22.5. The Kier molecular flexibility index (Phi) is 6.79. The van der Waals surface area contributed by atoms with Crippen molar-refractivity contribution >= 4 is 33.2 Å². The largest absolute Gasteiger partial charge is 0.455 e. The van der Waals surface area contributed by atoms with Crippen LogP contribution in [0.1, 0.15) is 12.8 Å². The van der Waals surface area contributed by atoms with Crippen LogP contribution < -0.4 is 10.1 Å². The third kappa shape index (κ3) is 5.12. The Morgan fingerprint density at radius 3 is 2.41 bits per heavy atom. The summed E-state index contributed by atoms with van der Waals surface area (Å²) in [6.45, 7) is 0.513. The number of piperidine rings is 1. The Balaban J connectivity index is 1.50. The first kappa shape index (κ1) is 22.3. The van der Waals surface area contributed by atoms with Crippen LogP contribution in [0.25, 0.3) is 0 Å². The molecule has 3 aromatic carbocycles. The summed E-state index contributed by atoms with van der Waals surface area (Å²) in [4.78, 5) is 13.3. The van der Waals surface area contributed by atoms with Gasteiger partial charge < -0.3 is 10.1 Å². The number of carbonyl (C=O) groups is 1. The number of ether oxygens (including phenoxy) is 1. The average Bonchev–Trinajstić information content (AvgIpc) is 2.82. The minimum atomic E-state index is -3.65. The van der Waals surface area contributed by atoms with Gasteiger partial charge in [-0.15, -0.1) is 0 Å². The van der Waals surface area contributed by atoms with Gasteiger partial charge in [0.2, 0.25) is 15.9 Å². The van der Waals surface area contributed by atoms with Crippen molar-refractivity contribution in [2.75, 3.05) is 18.4 Å². The van der Waals surface area contributed by atoms with Crippen LogP contribution in [0.4, 0.5) is 5.69 Å². The van der Waals surface area contributed by atoms with E-state index in [4.69, 9.17) is 16.3 Å². The second-order valence-corrected chi connectivity index (χ2v) is 9.93. The lowest BCUT2D eigenvalue weighted by Gasteiger charge is -2.31. The maximum atomic E-state index is 13.1. The van der Waals surface area contributed by atoms with Crippen LogP contribution in [0.2, 0.25) is 5.02 Å². The molecule has 1 aliphatic heterocycles. The van der Waals surface area contributed by atoms with Gasteiger partial charge in [0.25, 0.3) is 0 Å². The molecule has 1 N–H and O–H groups in total. The molecule has 0 radical (unpaired) electrons. The van der Waals surface area contributed by atoms with Gasteiger partial charge >= 0.3 is 0 Å². The van der Waals surface area contributed by atoms with E-state index in [1.807, 2.05) is 30.3 Å². The average molecular weight is 471 g/mol. The van der Waals surface area contributed by atoms with E-state index in [0.29, 0.717) is 41.6 Å². The zero-order chi connectivity index (χ0) is 22.6. The van der Waals surface area contributed by atoms with Crippen LogP contribution in [-0.2, 0) is 14.8 Å². The van der Waals surface area contributed by atoms with Gasteiger partial charge in [-0.05, 0) is 55.3 Å². The van der Waals surface area contributed by atoms with E-state index < -0.39 is 15.9 Å². The number of para-hydroxylation sites is 1. The highest BCUT2D eigenvalue weighted by molar-refractivity contribution is 7.89. The number of hydrogen-bond donors (Lipinski definition) is 1. The van der Waals surface area contributed by atoms with Gasteiger partial charge in [-0.3, -0.25) is 4.79 Å². The van der Waals surface area contributed by atoms with E-state index in [-0.39, 0.29) is 17.3 Å². The van der Waals surface area contributed by atoms with Gasteiger partial charge in [0.05, 0.1) is 16.5 Å². The van der Waals surface area contributed by atoms with E-state index in [0.717, 1.165) is 0 Å². The molecule has 0 saturated carbocycles. The monoisotopic (exact) mass is 470 g/mol. The minimum absolute atomic E-state index is 0.124. The molecule has 1 unspecified atom stereocenters. The van der Waals surface area contributed by atoms with Gasteiger partial charge in [0.15, 0.2) is 5.75 Å². The van der Waals surface area contributed by atoms with Crippen molar-refractivity contribution in [3.05, 3.63) is 83.9 Å². The highest BCUT2D eigenvalue weighted by atomic mass is 35.5. The number of rotatable bonds is 6. The number of benzene rings is 3. The number of sulfonamides is 1. The molecular formula is C24H23ClN2O4S. The number of carbonyl (C=O) groups excluding carboxylic acids is 1. The van der Waals surface area contributed by atoms with Gasteiger partial charge in [-0.1, -0.05) is 48.0 Å². The number of halogens is 1. The first-order valence-electron chi connectivity index (χ1n) is 10.3. The number of nitrogens with one attached hydrogen (secondary N) is 1. The first-order chi connectivity index (χ1) is 15.4. The predicted octanol–water partition coefficient (Wildman–Crippen LogP) is 5.17. The molecule has 1 heterocycles. The maximum absolute atomic E-state index is 13.1. The lowest BCUT2D eigenvalue weighted by atomic mass is 9.98. The standard InChI is InChI=1S/C24H23ClN2O4S/c25-19-13-14-23(31-20-9-3-1-4-10-20)22(16-19)26-24(28)18-8-7-15-27(17-18)32(29,30)21-11-5-2-6-12-21/h1-6,9-14,16,18H,7-8,15,17H2,(H,26,28). The van der Waals surface area contributed by atoms with Crippen LogP contribution in [0.3, 0.4) is 0 Å². The molecule has 6 nitrogen and oxygen atoms in total. The zero-order valence-corrected chi connectivity index (χ0v) is 18.9. The van der Waals surface area contributed by atoms with E-state index in [9.17, 15) is 13.2 Å². The molecule has 1 amide bonds. The van der Waals surface area contributed by atoms with E-state index in [1.54, 1.807) is 48.5 Å². The second-order valence-electron chi connectivity index (χ2n) is 7.56. The number of hydrogen-bond acceptors (Lipinski definition) is 4. The molecule has 3 aromatic rings. The molecule has 32 heavy (non-hydrogen) atoms. The first-order valence-corrected chi connectivity index (χ1v) is 12.1. The molecule has 1 aliphatic rings. The molecular weight excluding hydrogens is 448 g/mol. The summed E-state index contributed by atoms with van der Waals surface area (Å²) in [7, 11) is -3.65. The smallest absolute Gasteiger partial charge is 0.243 e. The van der Waals surface area contributed by atoms with E-state index >= 15 is 0 Å². The third-order valence-corrected chi connectivity index (χ3v) is 7.42. The molecule has 1 saturated heterocycles. The van der Waals surface area contributed by atoms with Crippen molar-refractivity contribution in [1.82, 2.24) is 4.31 Å². The lowest BCUT2D eigenvalue weighted by Crippen LogP contribution is -2.43. The predicted molar refractivity (Wildman–Crippen MR) is 125 cm³/mol. The molecule has 1 fully saturated rings. The second kappa shape index (κ2) is 9.73. The SMILES string of the molecule is O=C(Nc1cc(Cl)ccc1Oc1ccccc1)C1CCCN(S(=O)(=O)c2ccccc2)C1. The highest BCUT2D eigenvalue weighted by Crippen LogP contribution is 2.33. The Labute approximate surface area is 192 Å². The fraction of sp³-hybridized carbons (Fsp3) is 0.208. The molecule has 0 aromatic heterocycles. The minimum Gasteiger partial charge on any atom is -0.455 e. The van der Waals surface area contributed by atoms with E-state index in [1.165, 1.54) is 4.31 Å². The van der Waals surface area contributed by atoms with Crippen molar-refractivity contribution in [3.63, 3.8) is 0 Å². The topological polar surface area (TPSA) is 75.7 Å². The van der Waals surface area contributed by atoms with Crippen LogP contribution >= 0.6 is 11.6 Å². The molecule has 1 atom stereocenters. The quantitative estimate of drug-likeness (QED) is 0.539. The van der Waals surface area contributed by atoms with Crippen molar-refractivity contribution < 1.29 is 17.9 Å². The van der Waals surface area contributed by atoms with E-state index in [2.05, 4.69) is 5.32 Å². The zero-order valence-electron chi connectivity index (χ0n) is 17.3. The molecule has 8 heteroatoms. The summed E-state index contributed by atoms with van der Waals surface area (Å²) in [5.74, 6) is 0.338. The maximum Gasteiger partial charge on any atom is 0.243 e. The van der Waals surface area contributed by atoms with Gasteiger partial charge in [0.1, 0.15) is 5.75 Å². The summed E-state index contributed by atoms with van der Waals surface area (Å²) in [5, 5.41) is 3.34. The van der Waals surface area contributed by atoms with Crippen LogP contribution in [0.5, 0.6) is 11.5 Å². The highest BCUT2D eigenvalue weighted by Gasteiger charge is 2.33. The summed E-state index contributed by atoms with van der Waals surface area (Å²) in [5.41, 5.74) is 0.439. The van der Waals surface area contributed by atoms with Crippen LogP contribution in [-0.4, -0.2) is 31.7 Å². The summed E-state index contributed by atoms with van der Waals surface area (Å²) in [6.07, 6.45) is 1.20. The molecule has 0 spiro atoms. The normalized spacial score (nSPS) is 17.0. The van der Waals surface area contributed by atoms with Gasteiger partial charge in [-0.25, -0.2) is 8.42 Å². The summed E-state index contributed by atoms with van der Waals surface area (Å²) < 4.78 is 33.2. The number of amides is 1. The van der Waals surface area contributed by atoms with Crippen molar-refractivity contribution in [3.8, 4) is 11.5 Å². The molecule has 0 bridgehead atoms. The number of anilines is 1. The Bertz CT molecular complexity index is 1190. The Morgan fingerprint density at radius 2 is 1.69 bits per heavy atom. The van der Waals surface area contributed by atoms with Crippen LogP contribution in [0.15, 0.2) is 83.8 Å². The fourth-order valence-electron chi connectivity index (χ4n) is 3.66. The molecule has 4 rings (SSSR count). The van der Waals surface area contributed by atoms with Crippen molar-refractivity contribution in [2.45, 2.75) is 17.7 Å². The van der Waals surface area contributed by atoms with Crippen LogP contribution in [0, 0.1) is 5.92 Å². The summed E-state index contributed by atoms with van der Waals surface area (Å²) >= 11 is 6.15. The van der Waals surface area contributed by atoms with Gasteiger partial charge in [-0.2, -0.15) is 4.31 Å². The molecule has 0 aliphatic carbocycles. The fourth-order valence-corrected chi connectivity index (χ4v) is 5.37. The van der Waals surface area contributed by atoms with Crippen molar-refractivity contribution in [1.29, 1.82) is 0 Å². The van der Waals surface area contributed by atoms with Crippen molar-refractivity contribution in [2.24, 2.45) is 5.92 Å². The lowest BCUT2D eigenvalue weighted by molar-refractivity contribution is -0.120. The van der Waals surface area contributed by atoms with Gasteiger partial charge in [0, 0.05) is 18.1 Å². The Hall–Kier alpha value is -2.87. The number of nitrogens with zero attached hydrogens (tertiary/aromatic N) is 1. The molecule has 166 valence electrons.